The minimum atomic E-state index is 0.0888. The fraction of sp³-hybridized carbons (Fsp3) is 0.550. The number of aryl methyl sites for hydroxylation is 1. The number of fused-ring (bicyclic) bond motifs is 1. The summed E-state index contributed by atoms with van der Waals surface area (Å²) in [6.07, 6.45) is 9.63. The van der Waals surface area contributed by atoms with Crippen LogP contribution in [0.2, 0.25) is 0 Å². The number of carbonyl (C=O) groups excluding carboxylic acids is 1. The molecule has 0 radical (unpaired) electrons. The molecule has 1 saturated heterocycles. The van der Waals surface area contributed by atoms with E-state index in [1.165, 1.54) is 30.5 Å². The van der Waals surface area contributed by atoms with Crippen molar-refractivity contribution in [3.63, 3.8) is 0 Å². The Morgan fingerprint density at radius 1 is 0.962 bits per heavy atom. The van der Waals surface area contributed by atoms with E-state index in [4.69, 9.17) is 0 Å². The van der Waals surface area contributed by atoms with Crippen molar-refractivity contribution in [2.75, 3.05) is 31.1 Å². The number of amides is 1. The standard InChI is InChI=1S/C20H27N5O/c26-20(19-16-8-3-1-2-4-9-17(16)22-23-19)25-13-7-12-24(14-15-25)18-10-5-6-11-21-18/h5-6,10-11H,1-4,7-9,12-15H2,(H,22,23). The molecule has 138 valence electrons. The summed E-state index contributed by atoms with van der Waals surface area (Å²) in [6.45, 7) is 3.25. The maximum Gasteiger partial charge on any atom is 0.274 e. The first-order valence-corrected chi connectivity index (χ1v) is 9.84. The number of nitrogens with zero attached hydrogens (tertiary/aromatic N) is 4. The molecule has 26 heavy (non-hydrogen) atoms. The van der Waals surface area contributed by atoms with E-state index >= 15 is 0 Å². The monoisotopic (exact) mass is 353 g/mol. The van der Waals surface area contributed by atoms with Gasteiger partial charge in [-0.2, -0.15) is 5.10 Å². The molecule has 3 heterocycles. The average molecular weight is 353 g/mol. The zero-order chi connectivity index (χ0) is 17.8. The van der Waals surface area contributed by atoms with Crippen LogP contribution < -0.4 is 4.90 Å². The van der Waals surface area contributed by atoms with Crippen molar-refractivity contribution in [3.8, 4) is 0 Å². The SMILES string of the molecule is O=C(c1n[nH]c2c1CCCCCC2)N1CCCN(c2ccccn2)CC1. The molecule has 0 atom stereocenters. The minimum Gasteiger partial charge on any atom is -0.355 e. The van der Waals surface area contributed by atoms with Crippen LogP contribution in [0.1, 0.15) is 53.8 Å². The van der Waals surface area contributed by atoms with Gasteiger partial charge in [0.15, 0.2) is 5.69 Å². The van der Waals surface area contributed by atoms with Crippen molar-refractivity contribution in [1.82, 2.24) is 20.1 Å². The summed E-state index contributed by atoms with van der Waals surface area (Å²) < 4.78 is 0. The molecule has 1 aliphatic carbocycles. The lowest BCUT2D eigenvalue weighted by Gasteiger charge is -2.22. The Hall–Kier alpha value is -2.37. The van der Waals surface area contributed by atoms with Crippen molar-refractivity contribution in [3.05, 3.63) is 41.3 Å². The molecule has 1 aliphatic heterocycles. The molecule has 2 aromatic rings. The smallest absolute Gasteiger partial charge is 0.274 e. The van der Waals surface area contributed by atoms with Gasteiger partial charge in [-0.3, -0.25) is 9.89 Å². The predicted octanol–water partition coefficient (Wildman–Crippen LogP) is 2.82. The van der Waals surface area contributed by atoms with Crippen LogP contribution >= 0.6 is 0 Å². The van der Waals surface area contributed by atoms with Crippen LogP contribution in [0.25, 0.3) is 0 Å². The highest BCUT2D eigenvalue weighted by Crippen LogP contribution is 2.23. The van der Waals surface area contributed by atoms with Crippen LogP contribution in [0.3, 0.4) is 0 Å². The first-order valence-electron chi connectivity index (χ1n) is 9.84. The van der Waals surface area contributed by atoms with E-state index in [0.29, 0.717) is 5.69 Å². The Balaban J connectivity index is 1.47. The number of pyridine rings is 1. The third-order valence-corrected chi connectivity index (χ3v) is 5.52. The number of anilines is 1. The lowest BCUT2D eigenvalue weighted by molar-refractivity contribution is 0.0760. The Morgan fingerprint density at radius 3 is 2.69 bits per heavy atom. The van der Waals surface area contributed by atoms with Crippen LogP contribution in [0.4, 0.5) is 5.82 Å². The first-order chi connectivity index (χ1) is 12.8. The molecule has 2 aromatic heterocycles. The molecule has 6 heteroatoms. The average Bonchev–Trinajstić information content (AvgIpc) is 2.88. The van der Waals surface area contributed by atoms with Gasteiger partial charge in [0.1, 0.15) is 5.82 Å². The van der Waals surface area contributed by atoms with Gasteiger partial charge in [0, 0.05) is 43.6 Å². The van der Waals surface area contributed by atoms with Gasteiger partial charge in [0.2, 0.25) is 0 Å². The molecule has 0 aromatic carbocycles. The van der Waals surface area contributed by atoms with Crippen LogP contribution in [0.15, 0.2) is 24.4 Å². The van der Waals surface area contributed by atoms with Gasteiger partial charge in [0.05, 0.1) is 0 Å². The van der Waals surface area contributed by atoms with Crippen molar-refractivity contribution in [2.24, 2.45) is 0 Å². The molecular formula is C20H27N5O. The topological polar surface area (TPSA) is 65.1 Å². The maximum absolute atomic E-state index is 13.1. The summed E-state index contributed by atoms with van der Waals surface area (Å²) in [5.74, 6) is 1.08. The highest BCUT2D eigenvalue weighted by Gasteiger charge is 2.26. The fourth-order valence-corrected chi connectivity index (χ4v) is 4.05. The van der Waals surface area contributed by atoms with E-state index < -0.39 is 0 Å². The van der Waals surface area contributed by atoms with Crippen molar-refractivity contribution in [1.29, 1.82) is 0 Å². The van der Waals surface area contributed by atoms with Crippen molar-refractivity contribution < 1.29 is 4.79 Å². The molecule has 0 bridgehead atoms. The normalized spacial score (nSPS) is 18.6. The minimum absolute atomic E-state index is 0.0888. The van der Waals surface area contributed by atoms with E-state index in [1.807, 2.05) is 29.3 Å². The van der Waals surface area contributed by atoms with Crippen LogP contribution in [0.5, 0.6) is 0 Å². The Labute approximate surface area is 154 Å². The summed E-state index contributed by atoms with van der Waals surface area (Å²) >= 11 is 0. The second kappa shape index (κ2) is 7.89. The Kier molecular flexibility index (Phi) is 5.18. The molecule has 1 N–H and O–H groups in total. The Morgan fingerprint density at radius 2 is 1.85 bits per heavy atom. The molecule has 4 rings (SSSR count). The summed E-state index contributed by atoms with van der Waals surface area (Å²) in [7, 11) is 0. The summed E-state index contributed by atoms with van der Waals surface area (Å²) in [5.41, 5.74) is 3.01. The number of H-pyrrole nitrogens is 1. The van der Waals surface area contributed by atoms with E-state index in [9.17, 15) is 4.79 Å². The quantitative estimate of drug-likeness (QED) is 0.902. The molecule has 0 spiro atoms. The molecule has 1 amide bonds. The predicted molar refractivity (Wildman–Crippen MR) is 101 cm³/mol. The van der Waals surface area contributed by atoms with Crippen LogP contribution in [-0.2, 0) is 12.8 Å². The number of nitrogens with one attached hydrogen (secondary N) is 1. The van der Waals surface area contributed by atoms with E-state index in [1.54, 1.807) is 0 Å². The van der Waals surface area contributed by atoms with Crippen LogP contribution in [0, 0.1) is 0 Å². The zero-order valence-electron chi connectivity index (χ0n) is 15.3. The Bertz CT molecular complexity index is 742. The van der Waals surface area contributed by atoms with Gasteiger partial charge >= 0.3 is 0 Å². The van der Waals surface area contributed by atoms with Gasteiger partial charge in [-0.05, 0) is 44.2 Å². The van der Waals surface area contributed by atoms with Gasteiger partial charge in [0.25, 0.3) is 5.91 Å². The van der Waals surface area contributed by atoms with Gasteiger partial charge < -0.3 is 9.80 Å². The maximum atomic E-state index is 13.1. The molecule has 1 fully saturated rings. The first kappa shape index (κ1) is 17.1. The largest absolute Gasteiger partial charge is 0.355 e. The van der Waals surface area contributed by atoms with Gasteiger partial charge in [-0.25, -0.2) is 4.98 Å². The molecular weight excluding hydrogens is 326 g/mol. The highest BCUT2D eigenvalue weighted by molar-refractivity contribution is 5.94. The van der Waals surface area contributed by atoms with E-state index in [0.717, 1.165) is 57.7 Å². The number of carbonyl (C=O) groups is 1. The summed E-state index contributed by atoms with van der Waals surface area (Å²) in [6, 6.07) is 5.98. The number of hydrogen-bond acceptors (Lipinski definition) is 4. The van der Waals surface area contributed by atoms with Crippen molar-refractivity contribution >= 4 is 11.7 Å². The summed E-state index contributed by atoms with van der Waals surface area (Å²) in [4.78, 5) is 21.8. The van der Waals surface area contributed by atoms with Crippen LogP contribution in [-0.4, -0.2) is 52.2 Å². The lowest BCUT2D eigenvalue weighted by Crippen LogP contribution is -2.36. The highest BCUT2D eigenvalue weighted by atomic mass is 16.2. The zero-order valence-corrected chi connectivity index (χ0v) is 15.3. The fourth-order valence-electron chi connectivity index (χ4n) is 4.05. The third kappa shape index (κ3) is 3.59. The lowest BCUT2D eigenvalue weighted by atomic mass is 9.96. The third-order valence-electron chi connectivity index (χ3n) is 5.52. The number of aromatic nitrogens is 3. The molecule has 6 nitrogen and oxygen atoms in total. The number of hydrogen-bond donors (Lipinski definition) is 1. The van der Waals surface area contributed by atoms with E-state index in [2.05, 4.69) is 20.1 Å². The van der Waals surface area contributed by atoms with Gasteiger partial charge in [-0.1, -0.05) is 18.9 Å². The molecule has 0 saturated carbocycles. The molecule has 2 aliphatic rings. The van der Waals surface area contributed by atoms with Crippen molar-refractivity contribution in [2.45, 2.75) is 44.9 Å². The van der Waals surface area contributed by atoms with E-state index in [-0.39, 0.29) is 5.91 Å². The second-order valence-electron chi connectivity index (χ2n) is 7.26. The van der Waals surface area contributed by atoms with Gasteiger partial charge in [-0.15, -0.1) is 0 Å². The molecule has 0 unspecified atom stereocenters. The summed E-state index contributed by atoms with van der Waals surface area (Å²) in [5, 5.41) is 7.57. The number of aromatic amines is 1. The number of rotatable bonds is 2. The second-order valence-corrected chi connectivity index (χ2v) is 7.26.